The van der Waals surface area contributed by atoms with Crippen LogP contribution in [0.15, 0.2) is 47.6 Å². The van der Waals surface area contributed by atoms with E-state index in [1.807, 2.05) is 0 Å². The maximum atomic E-state index is 12.4. The number of aromatic nitrogens is 1. The van der Waals surface area contributed by atoms with E-state index in [0.29, 0.717) is 0 Å². The van der Waals surface area contributed by atoms with Crippen molar-refractivity contribution in [2.75, 3.05) is 17.1 Å². The third-order valence-corrected chi connectivity index (χ3v) is 4.59. The van der Waals surface area contributed by atoms with Gasteiger partial charge in [0.15, 0.2) is 5.03 Å². The fraction of sp³-hybridized carbons (Fsp3) is 0.0833. The zero-order valence-corrected chi connectivity index (χ0v) is 11.8. The molecule has 0 saturated carbocycles. The Balaban J connectivity index is 2.41. The molecule has 21 heavy (non-hydrogen) atoms. The number of nitrogens with zero attached hydrogens (tertiary/aromatic N) is 3. The number of hydrogen-bond acceptors (Lipinski definition) is 6. The van der Waals surface area contributed by atoms with Gasteiger partial charge < -0.3 is 5.73 Å². The van der Waals surface area contributed by atoms with Crippen LogP contribution in [0.25, 0.3) is 0 Å². The van der Waals surface area contributed by atoms with E-state index in [9.17, 15) is 18.5 Å². The van der Waals surface area contributed by atoms with Crippen molar-refractivity contribution in [3.63, 3.8) is 0 Å². The average molecular weight is 308 g/mol. The van der Waals surface area contributed by atoms with E-state index >= 15 is 0 Å². The summed E-state index contributed by atoms with van der Waals surface area (Å²) in [5, 5.41) is 10.3. The van der Waals surface area contributed by atoms with Crippen LogP contribution in [0.1, 0.15) is 0 Å². The molecule has 8 nitrogen and oxygen atoms in total. The summed E-state index contributed by atoms with van der Waals surface area (Å²) in [6.07, 6.45) is 1.33. The Morgan fingerprint density at radius 3 is 2.38 bits per heavy atom. The van der Waals surface area contributed by atoms with Crippen molar-refractivity contribution in [3.8, 4) is 0 Å². The van der Waals surface area contributed by atoms with Gasteiger partial charge in [-0.15, -0.1) is 0 Å². The van der Waals surface area contributed by atoms with Gasteiger partial charge in [-0.1, -0.05) is 0 Å². The van der Waals surface area contributed by atoms with E-state index in [0.717, 1.165) is 4.31 Å². The van der Waals surface area contributed by atoms with Crippen LogP contribution in [0.4, 0.5) is 17.1 Å². The van der Waals surface area contributed by atoms with Gasteiger partial charge in [0, 0.05) is 25.4 Å². The normalized spacial score (nSPS) is 11.1. The van der Waals surface area contributed by atoms with E-state index in [-0.39, 0.29) is 22.1 Å². The number of sulfonamides is 1. The zero-order valence-electron chi connectivity index (χ0n) is 11.0. The summed E-state index contributed by atoms with van der Waals surface area (Å²) in [5.74, 6) is 0. The molecule has 2 rings (SSSR count). The maximum absolute atomic E-state index is 12.4. The van der Waals surface area contributed by atoms with Gasteiger partial charge >= 0.3 is 0 Å². The summed E-state index contributed by atoms with van der Waals surface area (Å²) < 4.78 is 25.8. The van der Waals surface area contributed by atoms with Crippen molar-refractivity contribution >= 4 is 27.1 Å². The van der Waals surface area contributed by atoms with Gasteiger partial charge in [-0.2, -0.15) is 8.42 Å². The Bertz CT molecular complexity index is 774. The monoisotopic (exact) mass is 308 g/mol. The lowest BCUT2D eigenvalue weighted by molar-refractivity contribution is -0.384. The highest BCUT2D eigenvalue weighted by molar-refractivity contribution is 7.92. The number of non-ortho nitro benzene ring substituents is 1. The molecule has 0 amide bonds. The van der Waals surface area contributed by atoms with E-state index in [4.69, 9.17) is 5.73 Å². The summed E-state index contributed by atoms with van der Waals surface area (Å²) in [6.45, 7) is 0. The predicted octanol–water partition coefficient (Wildman–Crippen LogP) is 1.40. The second-order valence-electron chi connectivity index (χ2n) is 4.14. The van der Waals surface area contributed by atoms with Crippen LogP contribution in [0.5, 0.6) is 0 Å². The summed E-state index contributed by atoms with van der Waals surface area (Å²) >= 11 is 0. The Kier molecular flexibility index (Phi) is 3.76. The quantitative estimate of drug-likeness (QED) is 0.673. The highest BCUT2D eigenvalue weighted by Crippen LogP contribution is 2.25. The number of nitro benzene ring substituents is 1. The Labute approximate surface area is 121 Å². The molecule has 0 unspecified atom stereocenters. The van der Waals surface area contributed by atoms with Gasteiger partial charge in [0.25, 0.3) is 15.7 Å². The molecular formula is C12H12N4O4S. The largest absolute Gasteiger partial charge is 0.396 e. The van der Waals surface area contributed by atoms with Crippen LogP contribution < -0.4 is 10.0 Å². The maximum Gasteiger partial charge on any atom is 0.283 e. The van der Waals surface area contributed by atoms with Gasteiger partial charge in [-0.05, 0) is 24.3 Å². The number of anilines is 2. The first kappa shape index (κ1) is 14.7. The first-order chi connectivity index (χ1) is 9.84. The van der Waals surface area contributed by atoms with Crippen molar-refractivity contribution in [2.45, 2.75) is 5.03 Å². The van der Waals surface area contributed by atoms with Gasteiger partial charge in [-0.3, -0.25) is 14.4 Å². The SMILES string of the molecule is CN(c1ccc([N+](=O)[O-])cc1)S(=O)(=O)c1ncccc1N. The van der Waals surface area contributed by atoms with E-state index in [1.165, 1.54) is 49.6 Å². The number of hydrogen-bond donors (Lipinski definition) is 1. The number of pyridine rings is 1. The summed E-state index contributed by atoms with van der Waals surface area (Å²) in [7, 11) is -2.60. The molecular weight excluding hydrogens is 296 g/mol. The van der Waals surface area contributed by atoms with Crippen LogP contribution in [0, 0.1) is 10.1 Å². The number of nitro groups is 1. The molecule has 0 aliphatic carbocycles. The summed E-state index contributed by atoms with van der Waals surface area (Å²) in [6, 6.07) is 8.10. The number of nitrogen functional groups attached to an aromatic ring is 1. The lowest BCUT2D eigenvalue weighted by atomic mass is 10.3. The van der Waals surface area contributed by atoms with Gasteiger partial charge in [0.2, 0.25) is 0 Å². The number of rotatable bonds is 4. The molecule has 0 fully saturated rings. The van der Waals surface area contributed by atoms with Crippen LogP contribution in [0.3, 0.4) is 0 Å². The molecule has 2 N–H and O–H groups in total. The van der Waals surface area contributed by atoms with Gasteiger partial charge in [-0.25, -0.2) is 4.98 Å². The second-order valence-corrected chi connectivity index (χ2v) is 6.03. The Hall–Kier alpha value is -2.68. The van der Waals surface area contributed by atoms with Crippen LogP contribution >= 0.6 is 0 Å². The Morgan fingerprint density at radius 2 is 1.86 bits per heavy atom. The summed E-state index contributed by atoms with van der Waals surface area (Å²) in [4.78, 5) is 13.8. The minimum Gasteiger partial charge on any atom is -0.396 e. The lowest BCUT2D eigenvalue weighted by Crippen LogP contribution is -2.28. The highest BCUT2D eigenvalue weighted by atomic mass is 32.2. The van der Waals surface area contributed by atoms with E-state index < -0.39 is 14.9 Å². The molecule has 0 aliphatic rings. The lowest BCUT2D eigenvalue weighted by Gasteiger charge is -2.19. The molecule has 1 aromatic carbocycles. The zero-order chi connectivity index (χ0) is 15.6. The smallest absolute Gasteiger partial charge is 0.283 e. The van der Waals surface area contributed by atoms with Crippen molar-refractivity contribution in [3.05, 3.63) is 52.7 Å². The molecule has 1 aromatic heterocycles. The minimum absolute atomic E-state index is 0.0336. The van der Waals surface area contributed by atoms with E-state index in [2.05, 4.69) is 4.98 Å². The van der Waals surface area contributed by atoms with Crippen LogP contribution in [0.2, 0.25) is 0 Å². The molecule has 0 bridgehead atoms. The molecule has 0 saturated heterocycles. The first-order valence-corrected chi connectivity index (χ1v) is 7.22. The number of nitrogens with two attached hydrogens (primary N) is 1. The van der Waals surface area contributed by atoms with E-state index in [1.54, 1.807) is 0 Å². The molecule has 0 atom stereocenters. The van der Waals surface area contributed by atoms with Gasteiger partial charge in [0.05, 0.1) is 16.3 Å². The van der Waals surface area contributed by atoms with Crippen molar-refractivity contribution in [1.29, 1.82) is 0 Å². The van der Waals surface area contributed by atoms with Crippen molar-refractivity contribution in [2.24, 2.45) is 0 Å². The van der Waals surface area contributed by atoms with Crippen molar-refractivity contribution in [1.82, 2.24) is 4.98 Å². The van der Waals surface area contributed by atoms with Crippen LogP contribution in [-0.4, -0.2) is 25.4 Å². The first-order valence-electron chi connectivity index (χ1n) is 5.78. The molecule has 1 heterocycles. The minimum atomic E-state index is -3.93. The number of benzene rings is 1. The molecule has 0 spiro atoms. The summed E-state index contributed by atoms with van der Waals surface area (Å²) in [5.41, 5.74) is 5.81. The topological polar surface area (TPSA) is 119 Å². The average Bonchev–Trinajstić information content (AvgIpc) is 2.46. The second kappa shape index (κ2) is 5.37. The van der Waals surface area contributed by atoms with Gasteiger partial charge in [0.1, 0.15) is 0 Å². The molecule has 9 heteroatoms. The highest BCUT2D eigenvalue weighted by Gasteiger charge is 2.25. The van der Waals surface area contributed by atoms with Crippen LogP contribution in [-0.2, 0) is 10.0 Å². The molecule has 0 radical (unpaired) electrons. The fourth-order valence-electron chi connectivity index (χ4n) is 1.67. The molecule has 110 valence electrons. The third kappa shape index (κ3) is 2.77. The fourth-order valence-corrected chi connectivity index (χ4v) is 2.89. The standard InChI is InChI=1S/C12H12N4O4S/c1-15(9-4-6-10(7-5-9)16(17)18)21(19,20)12-11(13)3-2-8-14-12/h2-8H,13H2,1H3. The third-order valence-electron chi connectivity index (χ3n) is 2.83. The molecule has 0 aliphatic heterocycles. The predicted molar refractivity (Wildman–Crippen MR) is 77.3 cm³/mol. The Morgan fingerprint density at radius 1 is 1.24 bits per heavy atom. The van der Waals surface area contributed by atoms with Crippen molar-refractivity contribution < 1.29 is 13.3 Å². The molecule has 2 aromatic rings.